The first-order chi connectivity index (χ1) is 13.6. The molecule has 0 bridgehead atoms. The fourth-order valence-electron chi connectivity index (χ4n) is 3.13. The summed E-state index contributed by atoms with van der Waals surface area (Å²) in [5, 5.41) is 10.3. The number of hydrogen-bond acceptors (Lipinski definition) is 5. The molecule has 7 nitrogen and oxygen atoms in total. The zero-order chi connectivity index (χ0) is 19.5. The number of hydrogen-bond donors (Lipinski definition) is 2. The van der Waals surface area contributed by atoms with Gasteiger partial charge in [0.25, 0.3) is 0 Å². The molecule has 1 aliphatic heterocycles. The van der Waals surface area contributed by atoms with Crippen LogP contribution in [0.2, 0.25) is 0 Å². The third kappa shape index (κ3) is 3.64. The van der Waals surface area contributed by atoms with Crippen LogP contribution in [0.3, 0.4) is 0 Å². The second kappa shape index (κ2) is 7.64. The molecule has 1 aromatic heterocycles. The Morgan fingerprint density at radius 1 is 1.18 bits per heavy atom. The highest BCUT2D eigenvalue weighted by molar-refractivity contribution is 5.81. The molecule has 2 aromatic carbocycles. The number of fused-ring (bicyclic) bond motifs is 1. The molecule has 7 heteroatoms. The highest BCUT2D eigenvalue weighted by Crippen LogP contribution is 2.32. The van der Waals surface area contributed by atoms with Crippen LogP contribution in [0, 0.1) is 6.92 Å². The molecule has 2 heterocycles. The first-order valence-electron chi connectivity index (χ1n) is 8.97. The third-order valence-electron chi connectivity index (χ3n) is 4.70. The van der Waals surface area contributed by atoms with Crippen molar-refractivity contribution in [1.29, 1.82) is 0 Å². The maximum atomic E-state index is 12.5. The van der Waals surface area contributed by atoms with E-state index in [0.717, 1.165) is 39.6 Å². The van der Waals surface area contributed by atoms with E-state index in [-0.39, 0.29) is 19.1 Å². The molecule has 1 aliphatic rings. The van der Waals surface area contributed by atoms with Gasteiger partial charge >= 0.3 is 0 Å². The molecule has 28 heavy (non-hydrogen) atoms. The molecular weight excluding hydrogens is 358 g/mol. The Kier molecular flexibility index (Phi) is 4.89. The van der Waals surface area contributed by atoms with Gasteiger partial charge in [-0.05, 0) is 48.9 Å². The Balaban J connectivity index is 1.43. The summed E-state index contributed by atoms with van der Waals surface area (Å²) in [4.78, 5) is 12.5. The Bertz CT molecular complexity index is 995. The second-order valence-corrected chi connectivity index (χ2v) is 6.55. The monoisotopic (exact) mass is 379 g/mol. The van der Waals surface area contributed by atoms with Crippen LogP contribution in [0.1, 0.15) is 16.8 Å². The van der Waals surface area contributed by atoms with E-state index in [1.54, 1.807) is 7.11 Å². The smallest absolute Gasteiger partial charge is 0.231 e. The standard InChI is InChI=1S/C21H21N3O4/c1-13-17(21(24-23-13)15-4-6-16(26-2)7-5-15)10-20(25)22-11-14-3-8-18-19(9-14)28-12-27-18/h3-9H,10-12H2,1-2H3,(H,22,25)(H,23,24). The Morgan fingerprint density at radius 3 is 2.75 bits per heavy atom. The minimum absolute atomic E-state index is 0.0723. The summed E-state index contributed by atoms with van der Waals surface area (Å²) in [6.45, 7) is 2.57. The van der Waals surface area contributed by atoms with Crippen LogP contribution in [0.4, 0.5) is 0 Å². The van der Waals surface area contributed by atoms with Crippen LogP contribution in [0.25, 0.3) is 11.3 Å². The quantitative estimate of drug-likeness (QED) is 0.688. The number of benzene rings is 2. The molecule has 0 aliphatic carbocycles. The lowest BCUT2D eigenvalue weighted by molar-refractivity contribution is -0.120. The zero-order valence-corrected chi connectivity index (χ0v) is 15.7. The Morgan fingerprint density at radius 2 is 1.96 bits per heavy atom. The summed E-state index contributed by atoms with van der Waals surface area (Å²) < 4.78 is 15.9. The molecule has 144 valence electrons. The fourth-order valence-corrected chi connectivity index (χ4v) is 3.13. The number of rotatable bonds is 6. The number of carbonyl (C=O) groups is 1. The van der Waals surface area contributed by atoms with E-state index in [9.17, 15) is 4.79 Å². The number of ether oxygens (including phenoxy) is 3. The van der Waals surface area contributed by atoms with Crippen molar-refractivity contribution >= 4 is 5.91 Å². The van der Waals surface area contributed by atoms with Crippen LogP contribution in [0.15, 0.2) is 42.5 Å². The molecule has 3 aromatic rings. The molecule has 0 radical (unpaired) electrons. The SMILES string of the molecule is COc1ccc(-c2n[nH]c(C)c2CC(=O)NCc2ccc3c(c2)OCO3)cc1. The van der Waals surface area contributed by atoms with Gasteiger partial charge in [0, 0.05) is 23.4 Å². The normalized spacial score (nSPS) is 12.1. The van der Waals surface area contributed by atoms with Crippen molar-refractivity contribution in [3.63, 3.8) is 0 Å². The van der Waals surface area contributed by atoms with E-state index < -0.39 is 0 Å². The van der Waals surface area contributed by atoms with Crippen molar-refractivity contribution in [3.8, 4) is 28.5 Å². The number of aromatic nitrogens is 2. The number of aryl methyl sites for hydroxylation is 1. The topological polar surface area (TPSA) is 85.5 Å². The highest BCUT2D eigenvalue weighted by Gasteiger charge is 2.17. The van der Waals surface area contributed by atoms with E-state index in [1.165, 1.54) is 0 Å². The van der Waals surface area contributed by atoms with Crippen LogP contribution >= 0.6 is 0 Å². The largest absolute Gasteiger partial charge is 0.497 e. The molecule has 0 spiro atoms. The number of amides is 1. The lowest BCUT2D eigenvalue weighted by atomic mass is 10.0. The second-order valence-electron chi connectivity index (χ2n) is 6.55. The van der Waals surface area contributed by atoms with Gasteiger partial charge in [-0.2, -0.15) is 5.10 Å². The summed E-state index contributed by atoms with van der Waals surface area (Å²) in [7, 11) is 1.63. The molecule has 1 amide bonds. The van der Waals surface area contributed by atoms with Crippen LogP contribution < -0.4 is 19.5 Å². The molecule has 0 saturated carbocycles. The van der Waals surface area contributed by atoms with Crippen molar-refractivity contribution in [2.24, 2.45) is 0 Å². The number of H-pyrrole nitrogens is 1. The summed E-state index contributed by atoms with van der Waals surface area (Å²) in [5.74, 6) is 2.14. The first kappa shape index (κ1) is 17.9. The van der Waals surface area contributed by atoms with Gasteiger partial charge in [0.2, 0.25) is 12.7 Å². The van der Waals surface area contributed by atoms with Crippen molar-refractivity contribution in [2.45, 2.75) is 19.9 Å². The zero-order valence-electron chi connectivity index (χ0n) is 15.7. The van der Waals surface area contributed by atoms with Crippen LogP contribution in [-0.4, -0.2) is 30.0 Å². The van der Waals surface area contributed by atoms with Gasteiger partial charge in [-0.15, -0.1) is 0 Å². The summed E-state index contributed by atoms with van der Waals surface area (Å²) in [6, 6.07) is 13.3. The van der Waals surface area contributed by atoms with E-state index >= 15 is 0 Å². The van der Waals surface area contributed by atoms with Gasteiger partial charge in [-0.3, -0.25) is 9.89 Å². The minimum Gasteiger partial charge on any atom is -0.497 e. The average Bonchev–Trinajstić information content (AvgIpc) is 3.33. The third-order valence-corrected chi connectivity index (χ3v) is 4.70. The summed E-state index contributed by atoms with van der Waals surface area (Å²) in [6.07, 6.45) is 0.244. The van der Waals surface area contributed by atoms with E-state index in [0.29, 0.717) is 12.3 Å². The molecule has 0 saturated heterocycles. The van der Waals surface area contributed by atoms with Gasteiger partial charge in [0.05, 0.1) is 19.2 Å². The van der Waals surface area contributed by atoms with E-state index in [1.807, 2.05) is 49.4 Å². The number of methoxy groups -OCH3 is 1. The molecular formula is C21H21N3O4. The Hall–Kier alpha value is -3.48. The molecule has 2 N–H and O–H groups in total. The summed E-state index contributed by atoms with van der Waals surface area (Å²) >= 11 is 0. The Labute approximate surface area is 162 Å². The number of aromatic amines is 1. The van der Waals surface area contributed by atoms with Crippen molar-refractivity contribution in [3.05, 3.63) is 59.3 Å². The maximum Gasteiger partial charge on any atom is 0.231 e. The number of nitrogens with zero attached hydrogens (tertiary/aromatic N) is 1. The van der Waals surface area contributed by atoms with Crippen molar-refractivity contribution < 1.29 is 19.0 Å². The van der Waals surface area contributed by atoms with Gasteiger partial charge in [0.15, 0.2) is 11.5 Å². The minimum atomic E-state index is -0.0723. The van der Waals surface area contributed by atoms with Crippen molar-refractivity contribution in [1.82, 2.24) is 15.5 Å². The molecule has 0 atom stereocenters. The molecule has 0 unspecified atom stereocenters. The number of carbonyl (C=O) groups excluding carboxylic acids is 1. The van der Waals surface area contributed by atoms with Gasteiger partial charge in [-0.1, -0.05) is 6.07 Å². The molecule has 4 rings (SSSR count). The highest BCUT2D eigenvalue weighted by atomic mass is 16.7. The maximum absolute atomic E-state index is 12.5. The summed E-state index contributed by atoms with van der Waals surface area (Å²) in [5.41, 5.74) is 4.43. The molecule has 0 fully saturated rings. The van der Waals surface area contributed by atoms with Crippen LogP contribution in [0.5, 0.6) is 17.2 Å². The van der Waals surface area contributed by atoms with Crippen molar-refractivity contribution in [2.75, 3.05) is 13.9 Å². The van der Waals surface area contributed by atoms with Crippen LogP contribution in [-0.2, 0) is 17.8 Å². The number of nitrogens with one attached hydrogen (secondary N) is 2. The van der Waals surface area contributed by atoms with E-state index in [4.69, 9.17) is 14.2 Å². The van der Waals surface area contributed by atoms with Gasteiger partial charge in [-0.25, -0.2) is 0 Å². The van der Waals surface area contributed by atoms with E-state index in [2.05, 4.69) is 15.5 Å². The first-order valence-corrected chi connectivity index (χ1v) is 8.97. The lowest BCUT2D eigenvalue weighted by Crippen LogP contribution is -2.24. The van der Waals surface area contributed by atoms with Gasteiger partial charge < -0.3 is 19.5 Å². The lowest BCUT2D eigenvalue weighted by Gasteiger charge is -2.08. The predicted molar refractivity (Wildman–Crippen MR) is 103 cm³/mol. The average molecular weight is 379 g/mol. The van der Waals surface area contributed by atoms with Gasteiger partial charge in [0.1, 0.15) is 5.75 Å². The fraction of sp³-hybridized carbons (Fsp3) is 0.238. The predicted octanol–water partition coefficient (Wildman–Crippen LogP) is 2.98.